The molecule has 2 N–H and O–H groups in total. The SMILES string of the molecule is C=CC[NH2+]CC(=O)N1CCc2sccc2[C@@H]1c1ccc(Cl)cc1. The monoisotopic (exact) mass is 347 g/mol. The van der Waals surface area contributed by atoms with Crippen molar-refractivity contribution >= 4 is 28.8 Å². The molecule has 1 amide bonds. The van der Waals surface area contributed by atoms with Gasteiger partial charge in [-0.15, -0.1) is 11.3 Å². The van der Waals surface area contributed by atoms with E-state index in [1.807, 2.05) is 40.6 Å². The van der Waals surface area contributed by atoms with E-state index in [0.29, 0.717) is 11.6 Å². The first-order valence-corrected chi connectivity index (χ1v) is 9.00. The lowest BCUT2D eigenvalue weighted by Crippen LogP contribution is -2.86. The number of carbonyl (C=O) groups is 1. The molecule has 1 aliphatic heterocycles. The van der Waals surface area contributed by atoms with Crippen molar-refractivity contribution in [2.24, 2.45) is 0 Å². The number of rotatable bonds is 5. The van der Waals surface area contributed by atoms with Crippen molar-refractivity contribution < 1.29 is 10.1 Å². The maximum Gasteiger partial charge on any atom is 0.278 e. The number of carbonyl (C=O) groups excluding carboxylic acids is 1. The van der Waals surface area contributed by atoms with Gasteiger partial charge in [0.05, 0.1) is 12.6 Å². The predicted octanol–water partition coefficient (Wildman–Crippen LogP) is 2.63. The van der Waals surface area contributed by atoms with Crippen LogP contribution < -0.4 is 5.32 Å². The summed E-state index contributed by atoms with van der Waals surface area (Å²) in [6.07, 6.45) is 2.75. The third-order valence-electron chi connectivity index (χ3n) is 4.12. The zero-order valence-electron chi connectivity index (χ0n) is 12.9. The minimum atomic E-state index is -0.00750. The summed E-state index contributed by atoms with van der Waals surface area (Å²) < 4.78 is 0. The highest BCUT2D eigenvalue weighted by molar-refractivity contribution is 7.10. The lowest BCUT2D eigenvalue weighted by Gasteiger charge is -2.36. The average molecular weight is 348 g/mol. The number of benzene rings is 1. The van der Waals surface area contributed by atoms with Crippen molar-refractivity contribution in [1.82, 2.24) is 4.90 Å². The van der Waals surface area contributed by atoms with E-state index in [2.05, 4.69) is 18.0 Å². The number of nitrogens with zero attached hydrogens (tertiary/aromatic N) is 1. The van der Waals surface area contributed by atoms with E-state index in [4.69, 9.17) is 11.6 Å². The Bertz CT molecular complexity index is 695. The van der Waals surface area contributed by atoms with Gasteiger partial charge < -0.3 is 10.2 Å². The van der Waals surface area contributed by atoms with E-state index >= 15 is 0 Å². The first-order valence-electron chi connectivity index (χ1n) is 7.74. The lowest BCUT2D eigenvalue weighted by molar-refractivity contribution is -0.635. The molecule has 0 aliphatic carbocycles. The van der Waals surface area contributed by atoms with Crippen molar-refractivity contribution in [3.63, 3.8) is 0 Å². The Balaban J connectivity index is 1.90. The van der Waals surface area contributed by atoms with Gasteiger partial charge in [-0.25, -0.2) is 0 Å². The van der Waals surface area contributed by atoms with Crippen LogP contribution in [0.2, 0.25) is 5.02 Å². The number of halogens is 1. The topological polar surface area (TPSA) is 36.9 Å². The van der Waals surface area contributed by atoms with Crippen molar-refractivity contribution in [2.45, 2.75) is 12.5 Å². The molecule has 120 valence electrons. The van der Waals surface area contributed by atoms with Gasteiger partial charge in [0.15, 0.2) is 6.54 Å². The summed E-state index contributed by atoms with van der Waals surface area (Å²) in [5.41, 5.74) is 2.37. The van der Waals surface area contributed by atoms with Gasteiger partial charge in [-0.05, 0) is 47.2 Å². The zero-order valence-corrected chi connectivity index (χ0v) is 14.4. The standard InChI is InChI=1S/C18H19ClN2OS/c1-2-9-20-12-17(22)21-10-7-16-15(8-11-23-16)18(21)13-3-5-14(19)6-4-13/h2-6,8,11,18,20H,1,7,9-10,12H2/p+1/t18-/m0/s1. The first kappa shape index (κ1) is 16.2. The van der Waals surface area contributed by atoms with E-state index in [1.54, 1.807) is 11.3 Å². The van der Waals surface area contributed by atoms with Crippen LogP contribution in [0.25, 0.3) is 0 Å². The number of quaternary nitrogens is 1. The lowest BCUT2D eigenvalue weighted by atomic mass is 9.93. The van der Waals surface area contributed by atoms with Gasteiger partial charge in [-0.3, -0.25) is 4.79 Å². The Morgan fingerprint density at radius 1 is 1.39 bits per heavy atom. The van der Waals surface area contributed by atoms with E-state index in [1.165, 1.54) is 10.4 Å². The molecule has 1 aliphatic rings. The van der Waals surface area contributed by atoms with Crippen LogP contribution in [0.15, 0.2) is 48.4 Å². The summed E-state index contributed by atoms with van der Waals surface area (Å²) in [5.74, 6) is 0.170. The van der Waals surface area contributed by atoms with E-state index in [0.717, 1.165) is 25.1 Å². The van der Waals surface area contributed by atoms with Crippen LogP contribution in [0, 0.1) is 0 Å². The highest BCUT2D eigenvalue weighted by Crippen LogP contribution is 2.37. The molecule has 1 aromatic heterocycles. The fourth-order valence-corrected chi connectivity index (χ4v) is 4.06. The molecule has 23 heavy (non-hydrogen) atoms. The molecule has 1 aromatic carbocycles. The summed E-state index contributed by atoms with van der Waals surface area (Å²) in [7, 11) is 0. The van der Waals surface area contributed by atoms with Crippen LogP contribution in [-0.2, 0) is 11.2 Å². The van der Waals surface area contributed by atoms with E-state index in [-0.39, 0.29) is 11.9 Å². The quantitative estimate of drug-likeness (QED) is 0.655. The third-order valence-corrected chi connectivity index (χ3v) is 5.37. The molecule has 0 bridgehead atoms. The van der Waals surface area contributed by atoms with Gasteiger partial charge in [0, 0.05) is 16.4 Å². The Morgan fingerprint density at radius 3 is 2.91 bits per heavy atom. The fraction of sp³-hybridized carbons (Fsp3) is 0.278. The summed E-state index contributed by atoms with van der Waals surface area (Å²) in [6, 6.07) is 9.97. The molecule has 0 saturated heterocycles. The molecular formula is C18H20ClN2OS+. The number of thiophene rings is 1. The maximum absolute atomic E-state index is 12.7. The predicted molar refractivity (Wildman–Crippen MR) is 94.9 cm³/mol. The zero-order chi connectivity index (χ0) is 16.2. The number of fused-ring (bicyclic) bond motifs is 1. The Labute approximate surface area is 145 Å². The molecule has 0 spiro atoms. The fourth-order valence-electron chi connectivity index (χ4n) is 3.03. The molecule has 3 nitrogen and oxygen atoms in total. The number of amides is 1. The smallest absolute Gasteiger partial charge is 0.278 e. The van der Waals surface area contributed by atoms with Crippen molar-refractivity contribution in [3.8, 4) is 0 Å². The van der Waals surface area contributed by atoms with Crippen LogP contribution in [-0.4, -0.2) is 30.4 Å². The number of hydrogen-bond donors (Lipinski definition) is 1. The van der Waals surface area contributed by atoms with Gasteiger partial charge in [0.2, 0.25) is 0 Å². The van der Waals surface area contributed by atoms with Crippen LogP contribution in [0.3, 0.4) is 0 Å². The van der Waals surface area contributed by atoms with E-state index < -0.39 is 0 Å². The molecule has 1 atom stereocenters. The molecule has 3 rings (SSSR count). The Kier molecular flexibility index (Phi) is 5.16. The number of nitrogens with two attached hydrogens (primary N) is 1. The largest absolute Gasteiger partial charge is 0.335 e. The second kappa shape index (κ2) is 7.30. The first-order chi connectivity index (χ1) is 11.2. The molecular weight excluding hydrogens is 328 g/mol. The molecule has 5 heteroatoms. The summed E-state index contributed by atoms with van der Waals surface area (Å²) in [5, 5.41) is 4.82. The van der Waals surface area contributed by atoms with Crippen LogP contribution in [0.5, 0.6) is 0 Å². The van der Waals surface area contributed by atoms with Gasteiger partial charge in [-0.1, -0.05) is 30.3 Å². The summed E-state index contributed by atoms with van der Waals surface area (Å²) >= 11 is 7.80. The van der Waals surface area contributed by atoms with Gasteiger partial charge >= 0.3 is 0 Å². The van der Waals surface area contributed by atoms with Crippen molar-refractivity contribution in [2.75, 3.05) is 19.6 Å². The minimum Gasteiger partial charge on any atom is -0.335 e. The van der Waals surface area contributed by atoms with Gasteiger partial charge in [0.25, 0.3) is 5.91 Å². The minimum absolute atomic E-state index is 0.00750. The van der Waals surface area contributed by atoms with E-state index in [9.17, 15) is 4.79 Å². The maximum atomic E-state index is 12.7. The molecule has 0 fully saturated rings. The summed E-state index contributed by atoms with van der Waals surface area (Å²) in [4.78, 5) is 16.1. The molecule has 0 unspecified atom stereocenters. The van der Waals surface area contributed by atoms with Gasteiger partial charge in [-0.2, -0.15) is 0 Å². The third kappa shape index (κ3) is 3.50. The molecule has 2 aromatic rings. The highest BCUT2D eigenvalue weighted by Gasteiger charge is 2.33. The van der Waals surface area contributed by atoms with Crippen LogP contribution >= 0.6 is 22.9 Å². The molecule has 2 heterocycles. The molecule has 0 radical (unpaired) electrons. The molecule has 0 saturated carbocycles. The number of hydrogen-bond acceptors (Lipinski definition) is 2. The van der Waals surface area contributed by atoms with Crippen LogP contribution in [0.1, 0.15) is 22.0 Å². The summed E-state index contributed by atoms with van der Waals surface area (Å²) in [6.45, 7) is 5.67. The normalized spacial score (nSPS) is 16.9. The van der Waals surface area contributed by atoms with Crippen molar-refractivity contribution in [1.29, 1.82) is 0 Å². The van der Waals surface area contributed by atoms with Crippen LogP contribution in [0.4, 0.5) is 0 Å². The van der Waals surface area contributed by atoms with Gasteiger partial charge in [0.1, 0.15) is 0 Å². The second-order valence-electron chi connectivity index (χ2n) is 5.61. The Morgan fingerprint density at radius 2 is 2.17 bits per heavy atom. The Hall–Kier alpha value is -1.62. The average Bonchev–Trinajstić information content (AvgIpc) is 3.03. The second-order valence-corrected chi connectivity index (χ2v) is 7.04. The highest BCUT2D eigenvalue weighted by atomic mass is 35.5. The van der Waals surface area contributed by atoms with Crippen molar-refractivity contribution in [3.05, 3.63) is 69.4 Å².